The molecule has 1 aliphatic rings. The minimum absolute atomic E-state index is 0.00989. The minimum atomic E-state index is 0.00989. The summed E-state index contributed by atoms with van der Waals surface area (Å²) in [6.07, 6.45) is 2.86. The van der Waals surface area contributed by atoms with Gasteiger partial charge in [0.05, 0.1) is 12.1 Å². The highest BCUT2D eigenvalue weighted by Crippen LogP contribution is 2.18. The van der Waals surface area contributed by atoms with Crippen LogP contribution in [0.5, 0.6) is 5.75 Å². The molecule has 2 amide bonds. The van der Waals surface area contributed by atoms with E-state index in [0.29, 0.717) is 44.6 Å². The molecule has 2 heterocycles. The molecule has 0 aliphatic carbocycles. The maximum Gasteiger partial charge on any atom is 0.254 e. The van der Waals surface area contributed by atoms with Crippen molar-refractivity contribution in [2.24, 2.45) is 0 Å². The third-order valence-corrected chi connectivity index (χ3v) is 5.79. The van der Waals surface area contributed by atoms with Gasteiger partial charge < -0.3 is 14.5 Å². The SMILES string of the molecule is CCSc1cc(C(=O)N2CCN(C(=O)CCc3ccc(OC)cc3)CC2)ccn1. The fraction of sp³-hybridized carbons (Fsp3) is 0.409. The van der Waals surface area contributed by atoms with E-state index in [4.69, 9.17) is 4.74 Å². The maximum atomic E-state index is 12.8. The number of nitrogens with zero attached hydrogens (tertiary/aromatic N) is 3. The number of methoxy groups -OCH3 is 1. The number of carbonyl (C=O) groups excluding carboxylic acids is 2. The smallest absolute Gasteiger partial charge is 0.254 e. The fourth-order valence-corrected chi connectivity index (χ4v) is 3.95. The number of amides is 2. The number of piperazine rings is 1. The van der Waals surface area contributed by atoms with Gasteiger partial charge in [-0.2, -0.15) is 0 Å². The molecule has 3 rings (SSSR count). The van der Waals surface area contributed by atoms with E-state index in [9.17, 15) is 9.59 Å². The Morgan fingerprint density at radius 2 is 1.76 bits per heavy atom. The van der Waals surface area contributed by atoms with E-state index in [1.807, 2.05) is 40.1 Å². The van der Waals surface area contributed by atoms with Crippen LogP contribution >= 0.6 is 11.8 Å². The van der Waals surface area contributed by atoms with Crippen molar-refractivity contribution in [3.8, 4) is 5.75 Å². The second-order valence-corrected chi connectivity index (χ2v) is 8.12. The highest BCUT2D eigenvalue weighted by atomic mass is 32.2. The van der Waals surface area contributed by atoms with Gasteiger partial charge in [0.2, 0.25) is 5.91 Å². The minimum Gasteiger partial charge on any atom is -0.497 e. The van der Waals surface area contributed by atoms with Gasteiger partial charge in [-0.15, -0.1) is 11.8 Å². The van der Waals surface area contributed by atoms with Crippen molar-refractivity contribution >= 4 is 23.6 Å². The number of hydrogen-bond donors (Lipinski definition) is 0. The van der Waals surface area contributed by atoms with Crippen LogP contribution < -0.4 is 4.74 Å². The van der Waals surface area contributed by atoms with Crippen molar-refractivity contribution in [1.82, 2.24) is 14.8 Å². The molecule has 2 aromatic rings. The van der Waals surface area contributed by atoms with Crippen LogP contribution in [0.2, 0.25) is 0 Å². The van der Waals surface area contributed by atoms with E-state index in [2.05, 4.69) is 11.9 Å². The number of carbonyl (C=O) groups is 2. The molecule has 1 fully saturated rings. The summed E-state index contributed by atoms with van der Waals surface area (Å²) in [6.45, 7) is 4.34. The molecule has 0 spiro atoms. The predicted octanol–water partition coefficient (Wildman–Crippen LogP) is 3.12. The lowest BCUT2D eigenvalue weighted by atomic mass is 10.1. The van der Waals surface area contributed by atoms with Crippen LogP contribution in [0, 0.1) is 0 Å². The van der Waals surface area contributed by atoms with Crippen molar-refractivity contribution in [2.75, 3.05) is 39.0 Å². The standard InChI is InChI=1S/C22H27N3O3S/c1-3-29-20-16-18(10-11-23-20)22(27)25-14-12-24(13-15-25)21(26)9-6-17-4-7-19(28-2)8-5-17/h4-5,7-8,10-11,16H,3,6,9,12-15H2,1-2H3. The predicted molar refractivity (Wildman–Crippen MR) is 114 cm³/mol. The number of thioether (sulfide) groups is 1. The summed E-state index contributed by atoms with van der Waals surface area (Å²) >= 11 is 1.62. The van der Waals surface area contributed by atoms with Crippen LogP contribution in [0.15, 0.2) is 47.6 Å². The molecule has 0 unspecified atom stereocenters. The lowest BCUT2D eigenvalue weighted by Gasteiger charge is -2.35. The van der Waals surface area contributed by atoms with Crippen LogP contribution in [0.1, 0.15) is 29.3 Å². The normalized spacial score (nSPS) is 14.0. The van der Waals surface area contributed by atoms with Crippen LogP contribution in [0.3, 0.4) is 0 Å². The molecule has 0 N–H and O–H groups in total. The van der Waals surface area contributed by atoms with E-state index in [-0.39, 0.29) is 11.8 Å². The third-order valence-electron chi connectivity index (χ3n) is 4.98. The Kier molecular flexibility index (Phi) is 7.52. The molecule has 6 nitrogen and oxygen atoms in total. The Morgan fingerprint density at radius 3 is 2.41 bits per heavy atom. The molecule has 154 valence electrons. The first-order valence-electron chi connectivity index (χ1n) is 9.89. The number of ether oxygens (including phenoxy) is 1. The number of pyridine rings is 1. The molecule has 7 heteroatoms. The Hall–Kier alpha value is -2.54. The lowest BCUT2D eigenvalue weighted by Crippen LogP contribution is -2.50. The van der Waals surface area contributed by atoms with Crippen LogP contribution in [0.25, 0.3) is 0 Å². The van der Waals surface area contributed by atoms with Gasteiger partial charge in [0.25, 0.3) is 5.91 Å². The zero-order chi connectivity index (χ0) is 20.6. The van der Waals surface area contributed by atoms with Gasteiger partial charge in [-0.05, 0) is 42.0 Å². The average Bonchev–Trinajstić information content (AvgIpc) is 2.78. The molecule has 1 aromatic carbocycles. The topological polar surface area (TPSA) is 62.7 Å². The zero-order valence-corrected chi connectivity index (χ0v) is 17.8. The maximum absolute atomic E-state index is 12.8. The Morgan fingerprint density at radius 1 is 1.07 bits per heavy atom. The summed E-state index contributed by atoms with van der Waals surface area (Å²) < 4.78 is 5.16. The Labute approximate surface area is 176 Å². The van der Waals surface area contributed by atoms with Crippen molar-refractivity contribution < 1.29 is 14.3 Å². The quantitative estimate of drug-likeness (QED) is 0.653. The zero-order valence-electron chi connectivity index (χ0n) is 17.0. The van der Waals surface area contributed by atoms with Gasteiger partial charge in [-0.1, -0.05) is 19.1 Å². The van der Waals surface area contributed by atoms with Gasteiger partial charge in [-0.25, -0.2) is 4.98 Å². The van der Waals surface area contributed by atoms with Crippen molar-refractivity contribution in [3.63, 3.8) is 0 Å². The summed E-state index contributed by atoms with van der Waals surface area (Å²) in [4.78, 5) is 33.3. The number of rotatable bonds is 7. The number of benzene rings is 1. The molecule has 0 radical (unpaired) electrons. The van der Waals surface area contributed by atoms with Crippen molar-refractivity contribution in [3.05, 3.63) is 53.7 Å². The Bertz CT molecular complexity index is 833. The van der Waals surface area contributed by atoms with E-state index in [1.54, 1.807) is 31.1 Å². The first kappa shape index (κ1) is 21.2. The molecule has 29 heavy (non-hydrogen) atoms. The van der Waals surface area contributed by atoms with E-state index in [1.165, 1.54) is 0 Å². The van der Waals surface area contributed by atoms with Gasteiger partial charge in [0.1, 0.15) is 5.75 Å². The summed E-state index contributed by atoms with van der Waals surface area (Å²) in [5.41, 5.74) is 1.78. The second-order valence-electron chi connectivity index (χ2n) is 6.84. The molecular formula is C22H27N3O3S. The summed E-state index contributed by atoms with van der Waals surface area (Å²) in [6, 6.07) is 11.4. The molecule has 0 saturated carbocycles. The molecule has 0 atom stereocenters. The lowest BCUT2D eigenvalue weighted by molar-refractivity contribution is -0.132. The molecule has 0 bridgehead atoms. The summed E-state index contributed by atoms with van der Waals surface area (Å²) in [5.74, 6) is 1.88. The highest BCUT2D eigenvalue weighted by Gasteiger charge is 2.24. The van der Waals surface area contributed by atoms with Gasteiger partial charge in [-0.3, -0.25) is 9.59 Å². The van der Waals surface area contributed by atoms with Crippen LogP contribution in [-0.2, 0) is 11.2 Å². The first-order chi connectivity index (χ1) is 14.1. The number of aromatic nitrogens is 1. The largest absolute Gasteiger partial charge is 0.497 e. The summed E-state index contributed by atoms with van der Waals surface area (Å²) in [5, 5.41) is 0.866. The van der Waals surface area contributed by atoms with Gasteiger partial charge >= 0.3 is 0 Å². The van der Waals surface area contributed by atoms with Gasteiger partial charge in [0.15, 0.2) is 0 Å². The molecule has 1 saturated heterocycles. The molecule has 1 aliphatic heterocycles. The van der Waals surface area contributed by atoms with E-state index in [0.717, 1.165) is 22.1 Å². The average molecular weight is 414 g/mol. The Balaban J connectivity index is 1.48. The molecule has 1 aromatic heterocycles. The molecular weight excluding hydrogens is 386 g/mol. The van der Waals surface area contributed by atoms with Crippen LogP contribution in [-0.4, -0.2) is 65.6 Å². The third kappa shape index (κ3) is 5.73. The van der Waals surface area contributed by atoms with Crippen molar-refractivity contribution in [1.29, 1.82) is 0 Å². The van der Waals surface area contributed by atoms with Crippen LogP contribution in [0.4, 0.5) is 0 Å². The second kappa shape index (κ2) is 10.3. The van der Waals surface area contributed by atoms with E-state index < -0.39 is 0 Å². The van der Waals surface area contributed by atoms with E-state index >= 15 is 0 Å². The highest BCUT2D eigenvalue weighted by molar-refractivity contribution is 7.99. The summed E-state index contributed by atoms with van der Waals surface area (Å²) in [7, 11) is 1.64. The fourth-order valence-electron chi connectivity index (χ4n) is 3.31. The van der Waals surface area contributed by atoms with Gasteiger partial charge in [0, 0.05) is 44.4 Å². The first-order valence-corrected chi connectivity index (χ1v) is 10.9. The van der Waals surface area contributed by atoms with Crippen molar-refractivity contribution in [2.45, 2.75) is 24.8 Å². The number of hydrogen-bond acceptors (Lipinski definition) is 5. The monoisotopic (exact) mass is 413 g/mol. The number of aryl methyl sites for hydroxylation is 1.